The molecule has 0 saturated heterocycles. The third-order valence-electron chi connectivity index (χ3n) is 17.1. The molecule has 13 aromatic carbocycles. The lowest BCUT2D eigenvalue weighted by Gasteiger charge is -2.39. The van der Waals surface area contributed by atoms with Crippen LogP contribution in [-0.2, 0) is 5.41 Å². The highest BCUT2D eigenvalue weighted by Crippen LogP contribution is 2.62. The smallest absolute Gasteiger partial charge is 0.132 e. The van der Waals surface area contributed by atoms with Crippen molar-refractivity contribution in [2.24, 2.45) is 0 Å². The highest BCUT2D eigenvalue weighted by Gasteiger charge is 2.51. The van der Waals surface area contributed by atoms with Crippen LogP contribution in [-0.4, -0.2) is 4.57 Å². The summed E-state index contributed by atoms with van der Waals surface area (Å²) in [6.07, 6.45) is 0. The predicted molar refractivity (Wildman–Crippen MR) is 340 cm³/mol. The zero-order chi connectivity index (χ0) is 54.1. The van der Waals surface area contributed by atoms with E-state index in [-0.39, 0.29) is 0 Å². The van der Waals surface area contributed by atoms with Crippen molar-refractivity contribution in [1.82, 2.24) is 4.57 Å². The van der Waals surface area contributed by atoms with Gasteiger partial charge in [0.15, 0.2) is 0 Å². The topological polar surface area (TPSA) is 17.4 Å². The maximum atomic E-state index is 6.68. The Balaban J connectivity index is 0.840. The summed E-state index contributed by atoms with van der Waals surface area (Å²) in [5.74, 6) is 1.78. The van der Waals surface area contributed by atoms with Gasteiger partial charge in [0.05, 0.1) is 22.1 Å². The van der Waals surface area contributed by atoms with Gasteiger partial charge < -0.3 is 14.2 Å². The Hall–Kier alpha value is -10.7. The van der Waals surface area contributed by atoms with Crippen LogP contribution in [0.2, 0.25) is 0 Å². The molecular weight excluding hydrogens is 993 g/mol. The van der Waals surface area contributed by atoms with Gasteiger partial charge in [0.2, 0.25) is 0 Å². The molecular formula is C79H52N2O. The molecule has 3 heteroatoms. The summed E-state index contributed by atoms with van der Waals surface area (Å²) >= 11 is 0. The van der Waals surface area contributed by atoms with Gasteiger partial charge in [0.1, 0.15) is 11.5 Å². The lowest BCUT2D eigenvalue weighted by molar-refractivity contribution is 0.436. The Bertz CT molecular complexity index is 4720. The third kappa shape index (κ3) is 7.44. The molecule has 1 spiro atoms. The second-order valence-corrected chi connectivity index (χ2v) is 21.5. The molecule has 384 valence electrons. The quantitative estimate of drug-likeness (QED) is 0.143. The molecule has 3 nitrogen and oxygen atoms in total. The van der Waals surface area contributed by atoms with Crippen LogP contribution in [0.3, 0.4) is 0 Å². The number of nitrogens with zero attached hydrogens (tertiary/aromatic N) is 2. The summed E-state index contributed by atoms with van der Waals surface area (Å²) in [7, 11) is 0. The number of para-hydroxylation sites is 5. The molecule has 0 saturated carbocycles. The minimum Gasteiger partial charge on any atom is -0.457 e. The number of ether oxygens (including phenoxy) is 1. The van der Waals surface area contributed by atoms with Crippen molar-refractivity contribution in [3.63, 3.8) is 0 Å². The number of hydrogen-bond acceptors (Lipinski definition) is 2. The van der Waals surface area contributed by atoms with E-state index in [0.717, 1.165) is 78.8 Å². The van der Waals surface area contributed by atoms with Crippen LogP contribution in [0.25, 0.3) is 94.3 Å². The fourth-order valence-electron chi connectivity index (χ4n) is 13.5. The van der Waals surface area contributed by atoms with Crippen LogP contribution in [0.1, 0.15) is 22.3 Å². The number of aromatic nitrogens is 1. The Labute approximate surface area is 477 Å². The molecule has 0 fully saturated rings. The standard InChI is InChI=1S/C79H52N2O/c1-3-21-55(22-4-1)61-25-7-8-26-62(61)63-27-9-10-28-64(63)67-30-12-17-35-74(67)80(60-47-41-54(42-48-60)57-44-50-69-68-31-13-18-36-75(68)81(76(69)52-57)58-23-5-2-6-24-58)59-45-39-53(40-46-59)56-43-49-66-65-29-11-14-32-70(65)79(73(66)51-56)71-33-15-19-37-77(71)82-78-38-20-16-34-72(78)79/h1-52H. The second-order valence-electron chi connectivity index (χ2n) is 21.5. The molecule has 2 aliphatic rings. The first-order chi connectivity index (χ1) is 40.7. The third-order valence-corrected chi connectivity index (χ3v) is 17.1. The summed E-state index contributed by atoms with van der Waals surface area (Å²) in [4.78, 5) is 2.43. The van der Waals surface area contributed by atoms with Gasteiger partial charge in [-0.3, -0.25) is 0 Å². The van der Waals surface area contributed by atoms with Crippen LogP contribution in [0, 0.1) is 0 Å². The highest BCUT2D eigenvalue weighted by molar-refractivity contribution is 6.10. The van der Waals surface area contributed by atoms with E-state index in [1.54, 1.807) is 0 Å². The number of hydrogen-bond donors (Lipinski definition) is 0. The average Bonchev–Trinajstić information content (AvgIpc) is 2.09. The molecule has 1 aliphatic heterocycles. The first-order valence-electron chi connectivity index (χ1n) is 28.2. The molecule has 16 rings (SSSR count). The van der Waals surface area contributed by atoms with Crippen molar-refractivity contribution in [3.05, 3.63) is 338 Å². The summed E-state index contributed by atoms with van der Waals surface area (Å²) < 4.78 is 9.07. The van der Waals surface area contributed by atoms with Crippen molar-refractivity contribution in [1.29, 1.82) is 0 Å². The number of anilines is 3. The summed E-state index contributed by atoms with van der Waals surface area (Å²) in [5.41, 5.74) is 25.2. The first kappa shape index (κ1) is 47.3. The molecule has 14 aromatic rings. The zero-order valence-corrected chi connectivity index (χ0v) is 44.8. The average molecular weight is 1050 g/mol. The largest absolute Gasteiger partial charge is 0.457 e. The molecule has 2 heterocycles. The summed E-state index contributed by atoms with van der Waals surface area (Å²) in [6.45, 7) is 0. The lowest BCUT2D eigenvalue weighted by atomic mass is 9.66. The minimum atomic E-state index is -0.552. The molecule has 82 heavy (non-hydrogen) atoms. The van der Waals surface area contributed by atoms with Crippen molar-refractivity contribution in [3.8, 4) is 83.9 Å². The molecule has 0 atom stereocenters. The molecule has 0 bridgehead atoms. The molecule has 0 unspecified atom stereocenters. The van der Waals surface area contributed by atoms with Crippen molar-refractivity contribution in [2.45, 2.75) is 5.41 Å². The van der Waals surface area contributed by atoms with Gasteiger partial charge in [-0.25, -0.2) is 0 Å². The Morgan fingerprint density at radius 3 is 1.39 bits per heavy atom. The Morgan fingerprint density at radius 1 is 0.268 bits per heavy atom. The van der Waals surface area contributed by atoms with Gasteiger partial charge in [-0.05, 0) is 145 Å². The summed E-state index contributed by atoms with van der Waals surface area (Å²) in [6, 6.07) is 115. The normalized spacial score (nSPS) is 12.6. The molecule has 0 amide bonds. The van der Waals surface area contributed by atoms with E-state index in [9.17, 15) is 0 Å². The van der Waals surface area contributed by atoms with Crippen molar-refractivity contribution >= 4 is 38.9 Å². The van der Waals surface area contributed by atoms with Gasteiger partial charge in [-0.1, -0.05) is 243 Å². The maximum absolute atomic E-state index is 6.68. The Morgan fingerprint density at radius 2 is 0.720 bits per heavy atom. The summed E-state index contributed by atoms with van der Waals surface area (Å²) in [5, 5.41) is 2.48. The van der Waals surface area contributed by atoms with Crippen LogP contribution in [0.15, 0.2) is 315 Å². The highest BCUT2D eigenvalue weighted by atomic mass is 16.5. The van der Waals surface area contributed by atoms with E-state index in [1.165, 1.54) is 66.3 Å². The fraction of sp³-hybridized carbons (Fsp3) is 0.0127. The second kappa shape index (κ2) is 19.3. The first-order valence-corrected chi connectivity index (χ1v) is 28.2. The van der Waals surface area contributed by atoms with Crippen LogP contribution >= 0.6 is 0 Å². The van der Waals surface area contributed by atoms with E-state index in [0.29, 0.717) is 0 Å². The van der Waals surface area contributed by atoms with Gasteiger partial charge in [0, 0.05) is 44.5 Å². The van der Waals surface area contributed by atoms with E-state index in [4.69, 9.17) is 4.74 Å². The van der Waals surface area contributed by atoms with Crippen molar-refractivity contribution < 1.29 is 4.74 Å². The van der Waals surface area contributed by atoms with Gasteiger partial charge in [-0.15, -0.1) is 0 Å². The molecule has 0 N–H and O–H groups in total. The van der Waals surface area contributed by atoms with Gasteiger partial charge in [-0.2, -0.15) is 0 Å². The zero-order valence-electron chi connectivity index (χ0n) is 44.8. The molecule has 1 aliphatic carbocycles. The lowest BCUT2D eigenvalue weighted by Crippen LogP contribution is -2.32. The van der Waals surface area contributed by atoms with Crippen LogP contribution in [0.4, 0.5) is 17.1 Å². The SMILES string of the molecule is c1ccc(-c2ccccc2-c2ccccc2-c2ccccc2N(c2ccc(-c3ccc4c(c3)C3(c5ccccc5Oc5ccccc53)c3ccccc3-4)cc2)c2ccc(-c3ccc4c5ccccc5n(-c5ccccc5)c4c3)cc2)cc1. The van der Waals surface area contributed by atoms with E-state index in [2.05, 4.69) is 325 Å². The van der Waals surface area contributed by atoms with E-state index < -0.39 is 5.41 Å². The van der Waals surface area contributed by atoms with E-state index in [1.807, 2.05) is 0 Å². The fourth-order valence-corrected chi connectivity index (χ4v) is 13.5. The maximum Gasteiger partial charge on any atom is 0.132 e. The predicted octanol–water partition coefficient (Wildman–Crippen LogP) is 21.1. The van der Waals surface area contributed by atoms with Crippen LogP contribution in [0.5, 0.6) is 11.5 Å². The number of fused-ring (bicyclic) bond motifs is 12. The minimum absolute atomic E-state index is 0.552. The number of rotatable bonds is 9. The monoisotopic (exact) mass is 1040 g/mol. The van der Waals surface area contributed by atoms with Gasteiger partial charge >= 0.3 is 0 Å². The molecule has 1 aromatic heterocycles. The van der Waals surface area contributed by atoms with Gasteiger partial charge in [0.25, 0.3) is 0 Å². The van der Waals surface area contributed by atoms with E-state index >= 15 is 0 Å². The van der Waals surface area contributed by atoms with Crippen molar-refractivity contribution in [2.75, 3.05) is 4.90 Å². The van der Waals surface area contributed by atoms with Crippen LogP contribution < -0.4 is 9.64 Å². The molecule has 0 radical (unpaired) electrons. The Kier molecular flexibility index (Phi) is 11.1. The number of benzene rings is 13.